The molecule has 0 aliphatic heterocycles. The second-order valence-electron chi connectivity index (χ2n) is 4.61. The van der Waals surface area contributed by atoms with Crippen molar-refractivity contribution in [3.05, 3.63) is 65.5 Å². The predicted octanol–water partition coefficient (Wildman–Crippen LogP) is 3.92. The van der Waals surface area contributed by atoms with Crippen LogP contribution in [0.15, 0.2) is 47.0 Å². The van der Waals surface area contributed by atoms with Gasteiger partial charge in [0.05, 0.1) is 17.7 Å². The zero-order valence-electron chi connectivity index (χ0n) is 11.2. The summed E-state index contributed by atoms with van der Waals surface area (Å²) in [6.07, 6.45) is 0. The molecule has 0 spiro atoms. The standard InChI is InChI=1S/C16H10F3NO2/c17-10-6-4-9(5-7-10)15-12(8-21)16(22-20-15)11-2-1-3-13(18)14(11)19/h1-7,21H,8H2. The van der Waals surface area contributed by atoms with E-state index in [-0.39, 0.29) is 22.6 Å². The highest BCUT2D eigenvalue weighted by Gasteiger charge is 2.22. The Morgan fingerprint density at radius 1 is 1.00 bits per heavy atom. The molecule has 1 N–H and O–H groups in total. The molecule has 0 amide bonds. The molecule has 6 heteroatoms. The van der Waals surface area contributed by atoms with E-state index in [0.717, 1.165) is 6.07 Å². The van der Waals surface area contributed by atoms with Crippen LogP contribution in [0.25, 0.3) is 22.6 Å². The van der Waals surface area contributed by atoms with Crippen molar-refractivity contribution in [3.8, 4) is 22.6 Å². The van der Waals surface area contributed by atoms with Crippen molar-refractivity contribution >= 4 is 0 Å². The third-order valence-electron chi connectivity index (χ3n) is 3.26. The van der Waals surface area contributed by atoms with Crippen LogP contribution < -0.4 is 0 Å². The second-order valence-corrected chi connectivity index (χ2v) is 4.61. The Morgan fingerprint density at radius 2 is 1.73 bits per heavy atom. The average Bonchev–Trinajstić information content (AvgIpc) is 2.94. The minimum Gasteiger partial charge on any atom is -0.391 e. The molecule has 1 aromatic heterocycles. The molecule has 112 valence electrons. The molecule has 3 rings (SSSR count). The third kappa shape index (κ3) is 2.37. The van der Waals surface area contributed by atoms with Crippen LogP contribution in [-0.2, 0) is 6.61 Å². The van der Waals surface area contributed by atoms with E-state index in [1.54, 1.807) is 0 Å². The number of aromatic nitrogens is 1. The molecule has 0 aliphatic carbocycles. The highest BCUT2D eigenvalue weighted by Crippen LogP contribution is 2.34. The Kier molecular flexibility index (Phi) is 3.68. The van der Waals surface area contributed by atoms with Crippen LogP contribution in [0.1, 0.15) is 5.56 Å². The van der Waals surface area contributed by atoms with Gasteiger partial charge in [0.1, 0.15) is 11.5 Å². The van der Waals surface area contributed by atoms with E-state index in [1.165, 1.54) is 36.4 Å². The van der Waals surface area contributed by atoms with Crippen molar-refractivity contribution in [2.24, 2.45) is 0 Å². The first kappa shape index (κ1) is 14.3. The van der Waals surface area contributed by atoms with Gasteiger partial charge in [0, 0.05) is 5.56 Å². The van der Waals surface area contributed by atoms with Gasteiger partial charge in [-0.2, -0.15) is 0 Å². The van der Waals surface area contributed by atoms with Crippen molar-refractivity contribution in [1.29, 1.82) is 0 Å². The molecule has 22 heavy (non-hydrogen) atoms. The molecule has 0 radical (unpaired) electrons. The number of rotatable bonds is 3. The summed E-state index contributed by atoms with van der Waals surface area (Å²) in [5.41, 5.74) is 0.819. The van der Waals surface area contributed by atoms with Gasteiger partial charge >= 0.3 is 0 Å². The maximum Gasteiger partial charge on any atom is 0.176 e. The molecule has 0 unspecified atom stereocenters. The summed E-state index contributed by atoms with van der Waals surface area (Å²) in [7, 11) is 0. The molecule has 3 aromatic rings. The summed E-state index contributed by atoms with van der Waals surface area (Å²) in [5, 5.41) is 13.3. The number of benzene rings is 2. The minimum absolute atomic E-state index is 0.0566. The fourth-order valence-electron chi connectivity index (χ4n) is 2.18. The molecule has 0 saturated carbocycles. The molecule has 0 saturated heterocycles. The molecule has 0 bridgehead atoms. The molecule has 0 atom stereocenters. The van der Waals surface area contributed by atoms with Crippen LogP contribution in [0.2, 0.25) is 0 Å². The largest absolute Gasteiger partial charge is 0.391 e. The van der Waals surface area contributed by atoms with Crippen molar-refractivity contribution in [3.63, 3.8) is 0 Å². The lowest BCUT2D eigenvalue weighted by molar-refractivity contribution is 0.281. The van der Waals surface area contributed by atoms with Gasteiger partial charge in [0.25, 0.3) is 0 Å². The normalized spacial score (nSPS) is 10.9. The molecule has 3 nitrogen and oxygen atoms in total. The van der Waals surface area contributed by atoms with E-state index in [0.29, 0.717) is 5.56 Å². The van der Waals surface area contributed by atoms with Crippen molar-refractivity contribution in [2.45, 2.75) is 6.61 Å². The summed E-state index contributed by atoms with van der Waals surface area (Å²) in [5.74, 6) is -2.59. The lowest BCUT2D eigenvalue weighted by Gasteiger charge is -2.03. The van der Waals surface area contributed by atoms with E-state index >= 15 is 0 Å². The van der Waals surface area contributed by atoms with Crippen molar-refractivity contribution in [1.82, 2.24) is 5.16 Å². The van der Waals surface area contributed by atoms with Crippen LogP contribution in [0.5, 0.6) is 0 Å². The maximum atomic E-state index is 13.9. The Balaban J connectivity index is 2.15. The van der Waals surface area contributed by atoms with E-state index in [2.05, 4.69) is 5.16 Å². The van der Waals surface area contributed by atoms with Gasteiger partial charge in [-0.3, -0.25) is 0 Å². The average molecular weight is 305 g/mol. The Labute approximate surface area is 123 Å². The summed E-state index contributed by atoms with van der Waals surface area (Å²) in [4.78, 5) is 0. The molecule has 0 aliphatic rings. The smallest absolute Gasteiger partial charge is 0.176 e. The number of hydrogen-bond donors (Lipinski definition) is 1. The van der Waals surface area contributed by atoms with Gasteiger partial charge in [-0.25, -0.2) is 13.2 Å². The fraction of sp³-hybridized carbons (Fsp3) is 0.0625. The number of aliphatic hydroxyl groups excluding tert-OH is 1. The zero-order chi connectivity index (χ0) is 15.7. The highest BCUT2D eigenvalue weighted by atomic mass is 19.2. The topological polar surface area (TPSA) is 46.3 Å². The maximum absolute atomic E-state index is 13.9. The van der Waals surface area contributed by atoms with Gasteiger partial charge in [0.2, 0.25) is 0 Å². The van der Waals surface area contributed by atoms with Crippen LogP contribution in [0, 0.1) is 17.5 Å². The molecular formula is C16H10F3NO2. The minimum atomic E-state index is -1.08. The molecule has 0 fully saturated rings. The first-order valence-electron chi connectivity index (χ1n) is 6.41. The second kappa shape index (κ2) is 5.65. The summed E-state index contributed by atoms with van der Waals surface area (Å²) < 4.78 is 45.3. The first-order chi connectivity index (χ1) is 10.6. The van der Waals surface area contributed by atoms with Crippen molar-refractivity contribution < 1.29 is 22.8 Å². The van der Waals surface area contributed by atoms with Gasteiger partial charge in [-0.05, 0) is 36.4 Å². The molecule has 1 heterocycles. The van der Waals surface area contributed by atoms with Crippen LogP contribution in [-0.4, -0.2) is 10.3 Å². The number of nitrogens with zero attached hydrogens (tertiary/aromatic N) is 1. The van der Waals surface area contributed by atoms with Crippen molar-refractivity contribution in [2.75, 3.05) is 0 Å². The number of hydrogen-bond acceptors (Lipinski definition) is 3. The summed E-state index contributed by atoms with van der Waals surface area (Å²) in [6.45, 7) is -0.485. The Morgan fingerprint density at radius 3 is 2.41 bits per heavy atom. The number of halogens is 3. The van der Waals surface area contributed by atoms with E-state index in [1.807, 2.05) is 0 Å². The van der Waals surface area contributed by atoms with Gasteiger partial charge in [-0.15, -0.1) is 0 Å². The van der Waals surface area contributed by atoms with Gasteiger partial charge in [-0.1, -0.05) is 11.2 Å². The van der Waals surface area contributed by atoms with E-state index < -0.39 is 24.1 Å². The molecular weight excluding hydrogens is 295 g/mol. The zero-order valence-corrected chi connectivity index (χ0v) is 11.2. The number of aliphatic hydroxyl groups is 1. The molecule has 2 aromatic carbocycles. The summed E-state index contributed by atoms with van der Waals surface area (Å²) in [6, 6.07) is 9.01. The Bertz CT molecular complexity index is 813. The quantitative estimate of drug-likeness (QED) is 0.798. The van der Waals surface area contributed by atoms with Gasteiger partial charge in [0.15, 0.2) is 17.4 Å². The highest BCUT2D eigenvalue weighted by molar-refractivity contribution is 5.72. The predicted molar refractivity (Wildman–Crippen MR) is 73.2 cm³/mol. The first-order valence-corrected chi connectivity index (χ1v) is 6.41. The Hall–Kier alpha value is -2.60. The van der Waals surface area contributed by atoms with Crippen LogP contribution in [0.4, 0.5) is 13.2 Å². The lowest BCUT2D eigenvalue weighted by Crippen LogP contribution is -1.93. The van der Waals surface area contributed by atoms with E-state index in [4.69, 9.17) is 4.52 Å². The van der Waals surface area contributed by atoms with E-state index in [9.17, 15) is 18.3 Å². The lowest BCUT2D eigenvalue weighted by atomic mass is 10.0. The van der Waals surface area contributed by atoms with Crippen LogP contribution >= 0.6 is 0 Å². The third-order valence-corrected chi connectivity index (χ3v) is 3.26. The van der Waals surface area contributed by atoms with Crippen LogP contribution in [0.3, 0.4) is 0 Å². The monoisotopic (exact) mass is 305 g/mol. The van der Waals surface area contributed by atoms with Gasteiger partial charge < -0.3 is 9.63 Å². The fourth-order valence-corrected chi connectivity index (χ4v) is 2.18. The summed E-state index contributed by atoms with van der Waals surface area (Å²) >= 11 is 0. The SMILES string of the molecule is OCc1c(-c2ccc(F)cc2)noc1-c1cccc(F)c1F.